The molecule has 1 heterocycles. The number of ether oxygens (including phenoxy) is 1. The van der Waals surface area contributed by atoms with Crippen molar-refractivity contribution < 1.29 is 18.7 Å². The highest BCUT2D eigenvalue weighted by molar-refractivity contribution is 5.96. The molecule has 2 rings (SSSR count). The zero-order chi connectivity index (χ0) is 18.6. The van der Waals surface area contributed by atoms with E-state index in [9.17, 15) is 9.59 Å². The third kappa shape index (κ3) is 4.62. The van der Waals surface area contributed by atoms with Gasteiger partial charge in [0, 0.05) is 0 Å². The van der Waals surface area contributed by atoms with Gasteiger partial charge in [-0.25, -0.2) is 0 Å². The van der Waals surface area contributed by atoms with Crippen LogP contribution in [0.25, 0.3) is 0 Å². The van der Waals surface area contributed by atoms with Crippen LogP contribution in [0.4, 0.5) is 0 Å². The van der Waals surface area contributed by atoms with Crippen molar-refractivity contribution >= 4 is 11.8 Å². The van der Waals surface area contributed by atoms with Crippen molar-refractivity contribution in [1.29, 1.82) is 0 Å². The minimum absolute atomic E-state index is 0.365. The SMILES string of the molecule is Cc1ccc(C(C)C)cc1OC(C)C(=O)NNC(=O)c1ccoc1C. The van der Waals surface area contributed by atoms with Gasteiger partial charge in [0.05, 0.1) is 11.8 Å². The van der Waals surface area contributed by atoms with Crippen molar-refractivity contribution in [3.05, 3.63) is 53.0 Å². The lowest BCUT2D eigenvalue weighted by atomic mass is 10.0. The van der Waals surface area contributed by atoms with E-state index in [1.807, 2.05) is 25.1 Å². The molecule has 2 N–H and O–H groups in total. The summed E-state index contributed by atoms with van der Waals surface area (Å²) >= 11 is 0. The topological polar surface area (TPSA) is 80.6 Å². The third-order valence-electron chi connectivity index (χ3n) is 3.95. The van der Waals surface area contributed by atoms with Crippen LogP contribution in [-0.4, -0.2) is 17.9 Å². The molecule has 2 aromatic rings. The van der Waals surface area contributed by atoms with Crippen molar-refractivity contribution in [2.45, 2.75) is 46.6 Å². The van der Waals surface area contributed by atoms with Gasteiger partial charge in [0.2, 0.25) is 0 Å². The van der Waals surface area contributed by atoms with Gasteiger partial charge in [-0.1, -0.05) is 26.0 Å². The maximum atomic E-state index is 12.2. The van der Waals surface area contributed by atoms with E-state index in [4.69, 9.17) is 9.15 Å². The molecule has 0 fully saturated rings. The maximum absolute atomic E-state index is 12.2. The van der Waals surface area contributed by atoms with E-state index < -0.39 is 17.9 Å². The Kier molecular flexibility index (Phi) is 5.85. The van der Waals surface area contributed by atoms with E-state index in [0.29, 0.717) is 23.0 Å². The molecule has 25 heavy (non-hydrogen) atoms. The standard InChI is InChI=1S/C19H24N2O4/c1-11(2)15-7-6-12(3)17(10-15)25-14(5)18(22)20-21-19(23)16-8-9-24-13(16)4/h6-11,14H,1-5H3,(H,20,22)(H,21,23). The number of aryl methyl sites for hydroxylation is 2. The summed E-state index contributed by atoms with van der Waals surface area (Å²) in [4.78, 5) is 24.1. The summed E-state index contributed by atoms with van der Waals surface area (Å²) in [6.45, 7) is 9.42. The summed E-state index contributed by atoms with van der Waals surface area (Å²) in [5.41, 5.74) is 7.18. The van der Waals surface area contributed by atoms with Crippen LogP contribution >= 0.6 is 0 Å². The quantitative estimate of drug-likeness (QED) is 0.816. The average molecular weight is 344 g/mol. The number of nitrogens with one attached hydrogen (secondary N) is 2. The molecule has 0 saturated heterocycles. The Balaban J connectivity index is 1.95. The molecular formula is C19H24N2O4. The lowest BCUT2D eigenvalue weighted by Crippen LogP contribution is -2.47. The summed E-state index contributed by atoms with van der Waals surface area (Å²) in [6.07, 6.45) is 0.661. The van der Waals surface area contributed by atoms with E-state index >= 15 is 0 Å². The fourth-order valence-electron chi connectivity index (χ4n) is 2.25. The average Bonchev–Trinajstić information content (AvgIpc) is 3.00. The van der Waals surface area contributed by atoms with Crippen LogP contribution in [0.15, 0.2) is 34.9 Å². The number of hydrogen-bond donors (Lipinski definition) is 2. The molecule has 6 heteroatoms. The van der Waals surface area contributed by atoms with Crippen LogP contribution in [0.1, 0.15) is 53.9 Å². The van der Waals surface area contributed by atoms with E-state index in [1.165, 1.54) is 12.3 Å². The number of amides is 2. The molecular weight excluding hydrogens is 320 g/mol. The number of benzene rings is 1. The molecule has 0 spiro atoms. The second-order valence-electron chi connectivity index (χ2n) is 6.27. The van der Waals surface area contributed by atoms with Crippen LogP contribution in [0.2, 0.25) is 0 Å². The largest absolute Gasteiger partial charge is 0.481 e. The van der Waals surface area contributed by atoms with Crippen molar-refractivity contribution in [3.8, 4) is 5.75 Å². The van der Waals surface area contributed by atoms with Gasteiger partial charge in [0.1, 0.15) is 11.5 Å². The molecule has 0 radical (unpaired) electrons. The van der Waals surface area contributed by atoms with Crippen molar-refractivity contribution in [3.63, 3.8) is 0 Å². The van der Waals surface area contributed by atoms with Crippen LogP contribution in [0.5, 0.6) is 5.75 Å². The molecule has 0 bridgehead atoms. The maximum Gasteiger partial charge on any atom is 0.279 e. The second kappa shape index (κ2) is 7.88. The summed E-state index contributed by atoms with van der Waals surface area (Å²) in [6, 6.07) is 7.50. The minimum Gasteiger partial charge on any atom is -0.481 e. The molecule has 0 aliphatic rings. The lowest BCUT2D eigenvalue weighted by molar-refractivity contribution is -0.128. The van der Waals surface area contributed by atoms with Crippen molar-refractivity contribution in [1.82, 2.24) is 10.9 Å². The first-order valence-corrected chi connectivity index (χ1v) is 8.21. The van der Waals surface area contributed by atoms with E-state index in [1.54, 1.807) is 13.8 Å². The van der Waals surface area contributed by atoms with Crippen LogP contribution in [-0.2, 0) is 4.79 Å². The predicted octanol–water partition coefficient (Wildman–Crippen LogP) is 3.25. The van der Waals surface area contributed by atoms with Gasteiger partial charge in [-0.05, 0) is 49.9 Å². The Hall–Kier alpha value is -2.76. The molecule has 0 aliphatic carbocycles. The highest BCUT2D eigenvalue weighted by Gasteiger charge is 2.18. The van der Waals surface area contributed by atoms with Gasteiger partial charge in [0.25, 0.3) is 11.8 Å². The first-order chi connectivity index (χ1) is 11.8. The zero-order valence-electron chi connectivity index (χ0n) is 15.2. The number of rotatable bonds is 5. The van der Waals surface area contributed by atoms with Crippen LogP contribution in [0, 0.1) is 13.8 Å². The second-order valence-corrected chi connectivity index (χ2v) is 6.27. The van der Waals surface area contributed by atoms with Gasteiger partial charge in [-0.2, -0.15) is 0 Å². The number of furan rings is 1. The monoisotopic (exact) mass is 344 g/mol. The highest BCUT2D eigenvalue weighted by atomic mass is 16.5. The van der Waals surface area contributed by atoms with Gasteiger partial charge < -0.3 is 9.15 Å². The Morgan fingerprint density at radius 2 is 1.80 bits per heavy atom. The van der Waals surface area contributed by atoms with Gasteiger partial charge in [-0.15, -0.1) is 0 Å². The molecule has 1 unspecified atom stereocenters. The molecule has 0 saturated carbocycles. The number of hydrogen-bond acceptors (Lipinski definition) is 4. The van der Waals surface area contributed by atoms with Crippen LogP contribution < -0.4 is 15.6 Å². The smallest absolute Gasteiger partial charge is 0.279 e. The molecule has 1 aromatic heterocycles. The van der Waals surface area contributed by atoms with E-state index in [2.05, 4.69) is 24.7 Å². The summed E-state index contributed by atoms with van der Waals surface area (Å²) in [7, 11) is 0. The summed E-state index contributed by atoms with van der Waals surface area (Å²) < 4.78 is 10.8. The molecule has 2 amide bonds. The number of hydrazine groups is 1. The van der Waals surface area contributed by atoms with Gasteiger partial charge in [0.15, 0.2) is 6.10 Å². The van der Waals surface area contributed by atoms with E-state index in [-0.39, 0.29) is 0 Å². The normalized spacial score (nSPS) is 11.9. The van der Waals surface area contributed by atoms with Crippen molar-refractivity contribution in [2.75, 3.05) is 0 Å². The molecule has 1 aromatic carbocycles. The van der Waals surface area contributed by atoms with Crippen molar-refractivity contribution in [2.24, 2.45) is 0 Å². The fraction of sp³-hybridized carbons (Fsp3) is 0.368. The first-order valence-electron chi connectivity index (χ1n) is 8.21. The minimum atomic E-state index is -0.758. The Morgan fingerprint density at radius 1 is 1.08 bits per heavy atom. The molecule has 6 nitrogen and oxygen atoms in total. The Labute approximate surface area is 147 Å². The summed E-state index contributed by atoms with van der Waals surface area (Å²) in [5, 5.41) is 0. The third-order valence-corrected chi connectivity index (χ3v) is 3.95. The zero-order valence-corrected chi connectivity index (χ0v) is 15.2. The molecule has 0 aliphatic heterocycles. The lowest BCUT2D eigenvalue weighted by Gasteiger charge is -2.18. The van der Waals surface area contributed by atoms with Crippen LogP contribution in [0.3, 0.4) is 0 Å². The fourth-order valence-corrected chi connectivity index (χ4v) is 2.25. The van der Waals surface area contributed by atoms with Gasteiger partial charge >= 0.3 is 0 Å². The highest BCUT2D eigenvalue weighted by Crippen LogP contribution is 2.25. The first kappa shape index (κ1) is 18.6. The molecule has 1 atom stereocenters. The number of carbonyl (C=O) groups excluding carboxylic acids is 2. The Bertz CT molecular complexity index is 765. The number of carbonyl (C=O) groups is 2. The molecule has 134 valence electrons. The van der Waals surface area contributed by atoms with Gasteiger partial charge in [-0.3, -0.25) is 20.4 Å². The Morgan fingerprint density at radius 3 is 2.40 bits per heavy atom. The van der Waals surface area contributed by atoms with E-state index in [0.717, 1.165) is 11.1 Å². The predicted molar refractivity (Wildman–Crippen MR) is 94.4 cm³/mol. The summed E-state index contributed by atoms with van der Waals surface area (Å²) in [5.74, 6) is 0.626.